The third-order valence-electron chi connectivity index (χ3n) is 3.99. The van der Waals surface area contributed by atoms with E-state index in [9.17, 15) is 0 Å². The van der Waals surface area contributed by atoms with Gasteiger partial charge in [0.2, 0.25) is 0 Å². The Morgan fingerprint density at radius 1 is 1.26 bits per heavy atom. The van der Waals surface area contributed by atoms with Gasteiger partial charge in [0.25, 0.3) is 0 Å². The summed E-state index contributed by atoms with van der Waals surface area (Å²) in [5, 5.41) is 0. The summed E-state index contributed by atoms with van der Waals surface area (Å²) in [5.74, 6) is 0. The van der Waals surface area contributed by atoms with Gasteiger partial charge in [0.15, 0.2) is 0 Å². The monoisotopic (exact) mass is 309 g/mol. The van der Waals surface area contributed by atoms with E-state index >= 15 is 0 Å². The number of nitrogens with zero attached hydrogens (tertiary/aromatic N) is 4. The molecule has 0 aromatic carbocycles. The molecule has 0 spiro atoms. The number of fused-ring (bicyclic) bond motifs is 1. The van der Waals surface area contributed by atoms with Crippen LogP contribution >= 0.6 is 0 Å². The molecular weight excluding hydrogens is 286 g/mol. The van der Waals surface area contributed by atoms with Gasteiger partial charge in [0.05, 0.1) is 11.4 Å². The summed E-state index contributed by atoms with van der Waals surface area (Å²) in [7, 11) is 2.15. The lowest BCUT2D eigenvalue weighted by Gasteiger charge is -2.17. The van der Waals surface area contributed by atoms with Crippen molar-refractivity contribution in [2.75, 3.05) is 19.3 Å². The first-order valence-corrected chi connectivity index (χ1v) is 8.04. The van der Waals surface area contributed by atoms with Crippen LogP contribution in [-0.4, -0.2) is 32.9 Å². The highest BCUT2D eigenvalue weighted by molar-refractivity contribution is 5.66. The lowest BCUT2D eigenvalue weighted by molar-refractivity contribution is 0.316. The maximum absolute atomic E-state index is 5.98. The number of nitrogens with two attached hydrogens (primary N) is 1. The number of aromatic nitrogens is 3. The Morgan fingerprint density at radius 2 is 2.13 bits per heavy atom. The van der Waals surface area contributed by atoms with E-state index in [2.05, 4.69) is 28.3 Å². The molecular formula is C18H23N5. The van der Waals surface area contributed by atoms with E-state index in [4.69, 9.17) is 10.7 Å². The second-order valence-electron chi connectivity index (χ2n) is 5.93. The molecule has 120 valence electrons. The molecule has 0 aliphatic rings. The van der Waals surface area contributed by atoms with Crippen molar-refractivity contribution >= 4 is 11.3 Å². The molecule has 0 bridgehead atoms. The number of imidazole rings is 1. The Kier molecular flexibility index (Phi) is 4.57. The number of pyridine rings is 2. The first-order valence-electron chi connectivity index (χ1n) is 8.04. The normalized spacial score (nSPS) is 11.4. The second kappa shape index (κ2) is 6.79. The molecule has 0 aliphatic heterocycles. The number of hydrogen-bond acceptors (Lipinski definition) is 4. The largest absolute Gasteiger partial charge is 0.398 e. The average molecular weight is 309 g/mol. The summed E-state index contributed by atoms with van der Waals surface area (Å²) in [6.07, 6.45) is 7.98. The zero-order chi connectivity index (χ0) is 16.2. The molecule has 0 atom stereocenters. The molecule has 2 N–H and O–H groups in total. The third kappa shape index (κ3) is 3.35. The van der Waals surface area contributed by atoms with Gasteiger partial charge >= 0.3 is 0 Å². The molecule has 0 fully saturated rings. The minimum absolute atomic E-state index is 0.741. The Hall–Kier alpha value is -2.40. The van der Waals surface area contributed by atoms with Gasteiger partial charge in [0.1, 0.15) is 5.65 Å². The maximum Gasteiger partial charge on any atom is 0.137 e. The SMILES string of the molecule is CCCCN(C)Cc1c(-c2cccnc2)nc2ccc(N)cn12. The van der Waals surface area contributed by atoms with E-state index in [1.165, 1.54) is 12.8 Å². The minimum Gasteiger partial charge on any atom is -0.398 e. The molecule has 0 radical (unpaired) electrons. The second-order valence-corrected chi connectivity index (χ2v) is 5.93. The lowest BCUT2D eigenvalue weighted by atomic mass is 10.1. The van der Waals surface area contributed by atoms with Gasteiger partial charge < -0.3 is 15.0 Å². The van der Waals surface area contributed by atoms with Crippen LogP contribution in [0, 0.1) is 0 Å². The van der Waals surface area contributed by atoms with Gasteiger partial charge in [-0.15, -0.1) is 0 Å². The van der Waals surface area contributed by atoms with Crippen LogP contribution in [0.25, 0.3) is 16.9 Å². The quantitative estimate of drug-likeness (QED) is 0.759. The average Bonchev–Trinajstić information content (AvgIpc) is 2.91. The molecule has 3 heterocycles. The van der Waals surface area contributed by atoms with Crippen molar-refractivity contribution in [1.82, 2.24) is 19.3 Å². The van der Waals surface area contributed by atoms with Gasteiger partial charge in [-0.05, 0) is 44.3 Å². The highest BCUT2D eigenvalue weighted by Crippen LogP contribution is 2.25. The summed E-state index contributed by atoms with van der Waals surface area (Å²) in [4.78, 5) is 11.4. The van der Waals surface area contributed by atoms with Crippen LogP contribution in [0.5, 0.6) is 0 Å². The maximum atomic E-state index is 5.98. The summed E-state index contributed by atoms with van der Waals surface area (Å²) in [6, 6.07) is 7.84. The summed E-state index contributed by atoms with van der Waals surface area (Å²) in [6.45, 7) is 4.11. The molecule has 3 aromatic heterocycles. The Labute approximate surface area is 136 Å². The topological polar surface area (TPSA) is 59.5 Å². The highest BCUT2D eigenvalue weighted by atomic mass is 15.1. The molecule has 3 aromatic rings. The Morgan fingerprint density at radius 3 is 2.87 bits per heavy atom. The van der Waals surface area contributed by atoms with E-state index in [-0.39, 0.29) is 0 Å². The van der Waals surface area contributed by atoms with E-state index in [0.717, 1.165) is 41.4 Å². The molecule has 5 heteroatoms. The van der Waals surface area contributed by atoms with Crippen molar-refractivity contribution in [1.29, 1.82) is 0 Å². The number of rotatable bonds is 6. The molecule has 3 rings (SSSR count). The van der Waals surface area contributed by atoms with Crippen molar-refractivity contribution in [2.45, 2.75) is 26.3 Å². The van der Waals surface area contributed by atoms with Crippen LogP contribution in [0.2, 0.25) is 0 Å². The summed E-state index contributed by atoms with van der Waals surface area (Å²) >= 11 is 0. The first kappa shape index (κ1) is 15.5. The van der Waals surface area contributed by atoms with Gasteiger partial charge in [0, 0.05) is 36.4 Å². The minimum atomic E-state index is 0.741. The van der Waals surface area contributed by atoms with Gasteiger partial charge in [-0.2, -0.15) is 0 Å². The van der Waals surface area contributed by atoms with Gasteiger partial charge in [-0.25, -0.2) is 4.98 Å². The molecule has 0 aliphatic carbocycles. The number of nitrogen functional groups attached to an aromatic ring is 1. The van der Waals surface area contributed by atoms with E-state index in [1.807, 2.05) is 36.7 Å². The Bertz CT molecular complexity index is 779. The standard InChI is InChI=1S/C18H23N5/c1-3-4-10-22(2)13-16-18(14-6-5-9-20-11-14)21-17-8-7-15(19)12-23(16)17/h5-9,11-12H,3-4,10,13,19H2,1-2H3. The Balaban J connectivity index is 2.06. The molecule has 0 unspecified atom stereocenters. The molecule has 0 saturated carbocycles. The van der Waals surface area contributed by atoms with Gasteiger partial charge in [-0.1, -0.05) is 13.3 Å². The van der Waals surface area contributed by atoms with Crippen LogP contribution < -0.4 is 5.73 Å². The molecule has 23 heavy (non-hydrogen) atoms. The fourth-order valence-electron chi connectivity index (χ4n) is 2.76. The molecule has 5 nitrogen and oxygen atoms in total. The van der Waals surface area contributed by atoms with Crippen LogP contribution in [0.15, 0.2) is 42.9 Å². The van der Waals surface area contributed by atoms with Crippen molar-refractivity contribution in [2.24, 2.45) is 0 Å². The number of hydrogen-bond donors (Lipinski definition) is 1. The van der Waals surface area contributed by atoms with Crippen LogP contribution in [0.3, 0.4) is 0 Å². The van der Waals surface area contributed by atoms with Crippen LogP contribution in [0.4, 0.5) is 5.69 Å². The van der Waals surface area contributed by atoms with Crippen molar-refractivity contribution in [3.05, 3.63) is 48.5 Å². The molecule has 0 saturated heterocycles. The van der Waals surface area contributed by atoms with Crippen molar-refractivity contribution in [3.8, 4) is 11.3 Å². The lowest BCUT2D eigenvalue weighted by Crippen LogP contribution is -2.20. The number of anilines is 1. The van der Waals surface area contributed by atoms with E-state index in [0.29, 0.717) is 0 Å². The highest BCUT2D eigenvalue weighted by Gasteiger charge is 2.15. The van der Waals surface area contributed by atoms with E-state index in [1.54, 1.807) is 6.20 Å². The zero-order valence-corrected chi connectivity index (χ0v) is 13.7. The fourth-order valence-corrected chi connectivity index (χ4v) is 2.76. The number of unbranched alkanes of at least 4 members (excludes halogenated alkanes) is 1. The smallest absolute Gasteiger partial charge is 0.137 e. The molecule has 0 amide bonds. The zero-order valence-electron chi connectivity index (χ0n) is 13.7. The van der Waals surface area contributed by atoms with Crippen LogP contribution in [0.1, 0.15) is 25.5 Å². The van der Waals surface area contributed by atoms with Gasteiger partial charge in [-0.3, -0.25) is 4.98 Å². The van der Waals surface area contributed by atoms with Crippen molar-refractivity contribution < 1.29 is 0 Å². The fraction of sp³-hybridized carbons (Fsp3) is 0.333. The van der Waals surface area contributed by atoms with Crippen LogP contribution in [-0.2, 0) is 6.54 Å². The van der Waals surface area contributed by atoms with Crippen molar-refractivity contribution in [3.63, 3.8) is 0 Å². The predicted octanol–water partition coefficient (Wildman–Crippen LogP) is 3.21. The first-order chi connectivity index (χ1) is 11.2. The van der Waals surface area contributed by atoms with E-state index < -0.39 is 0 Å². The third-order valence-corrected chi connectivity index (χ3v) is 3.99. The summed E-state index contributed by atoms with van der Waals surface area (Å²) < 4.78 is 2.10. The predicted molar refractivity (Wildman–Crippen MR) is 94.1 cm³/mol. The summed E-state index contributed by atoms with van der Waals surface area (Å²) in [5.41, 5.74) is 10.8.